The van der Waals surface area contributed by atoms with Crippen molar-refractivity contribution >= 4 is 5.91 Å². The average Bonchev–Trinajstić information content (AvgIpc) is 2.67. The summed E-state index contributed by atoms with van der Waals surface area (Å²) in [6.45, 7) is 7.97. The van der Waals surface area contributed by atoms with Crippen LogP contribution in [0.3, 0.4) is 0 Å². The summed E-state index contributed by atoms with van der Waals surface area (Å²) in [5, 5.41) is 0. The molecule has 1 saturated heterocycles. The Labute approximate surface area is 166 Å². The lowest BCUT2D eigenvalue weighted by molar-refractivity contribution is 0.0515. The van der Waals surface area contributed by atoms with Crippen LogP contribution in [0.25, 0.3) is 0 Å². The predicted molar refractivity (Wildman–Crippen MR) is 108 cm³/mol. The molecule has 0 N–H and O–H groups in total. The van der Waals surface area contributed by atoms with E-state index in [4.69, 9.17) is 9.47 Å². The fourth-order valence-electron chi connectivity index (χ4n) is 3.32. The lowest BCUT2D eigenvalue weighted by Gasteiger charge is -2.32. The first-order chi connectivity index (χ1) is 13.5. The molecule has 1 aliphatic heterocycles. The lowest BCUT2D eigenvalue weighted by atomic mass is 10.1. The molecule has 3 rings (SSSR count). The SMILES string of the molecule is CCCCOc1ccc(C(=O)N2CCCC(Oc3nc(C)cc(C)n3)C2)cc1. The molecule has 2 aromatic rings. The summed E-state index contributed by atoms with van der Waals surface area (Å²) >= 11 is 0. The third kappa shape index (κ3) is 5.44. The molecule has 0 saturated carbocycles. The maximum atomic E-state index is 12.9. The second-order valence-corrected chi connectivity index (χ2v) is 7.29. The monoisotopic (exact) mass is 383 g/mol. The van der Waals surface area contributed by atoms with E-state index < -0.39 is 0 Å². The van der Waals surface area contributed by atoms with E-state index in [1.54, 1.807) is 0 Å². The maximum Gasteiger partial charge on any atom is 0.317 e. The molecule has 150 valence electrons. The van der Waals surface area contributed by atoms with Gasteiger partial charge in [-0.15, -0.1) is 0 Å². The summed E-state index contributed by atoms with van der Waals surface area (Å²) in [6.07, 6.45) is 3.83. The van der Waals surface area contributed by atoms with Crippen LogP contribution in [0.1, 0.15) is 54.4 Å². The molecule has 1 unspecified atom stereocenters. The van der Waals surface area contributed by atoms with Gasteiger partial charge in [-0.25, -0.2) is 9.97 Å². The normalized spacial score (nSPS) is 16.7. The Morgan fingerprint density at radius 2 is 1.89 bits per heavy atom. The maximum absolute atomic E-state index is 12.9. The average molecular weight is 383 g/mol. The molecule has 6 heteroatoms. The molecule has 1 fully saturated rings. The number of carbonyl (C=O) groups is 1. The van der Waals surface area contributed by atoms with E-state index in [0.717, 1.165) is 49.4 Å². The first kappa shape index (κ1) is 20.1. The number of hydrogen-bond acceptors (Lipinski definition) is 5. The van der Waals surface area contributed by atoms with Gasteiger partial charge < -0.3 is 14.4 Å². The molecule has 1 aromatic heterocycles. The highest BCUT2D eigenvalue weighted by Crippen LogP contribution is 2.20. The number of unbranched alkanes of at least 4 members (excludes halogenated alkanes) is 1. The molecule has 0 radical (unpaired) electrons. The van der Waals surface area contributed by atoms with Crippen LogP contribution in [0.2, 0.25) is 0 Å². The van der Waals surface area contributed by atoms with Crippen LogP contribution in [0, 0.1) is 13.8 Å². The molecule has 1 amide bonds. The summed E-state index contributed by atoms with van der Waals surface area (Å²) in [5.41, 5.74) is 2.44. The van der Waals surface area contributed by atoms with E-state index in [1.165, 1.54) is 0 Å². The first-order valence-corrected chi connectivity index (χ1v) is 10.1. The standard InChI is InChI=1S/C22H29N3O3/c1-4-5-13-27-19-10-8-18(9-11-19)21(26)25-12-6-7-20(15-25)28-22-23-16(2)14-17(3)24-22/h8-11,14,20H,4-7,12-13,15H2,1-3H3. The van der Waals surface area contributed by atoms with Gasteiger partial charge in [0.15, 0.2) is 0 Å². The molecule has 28 heavy (non-hydrogen) atoms. The quantitative estimate of drug-likeness (QED) is 0.677. The predicted octanol–water partition coefficient (Wildman–Crippen LogP) is 3.96. The van der Waals surface area contributed by atoms with E-state index in [-0.39, 0.29) is 12.0 Å². The van der Waals surface area contributed by atoms with Gasteiger partial charge in [0.2, 0.25) is 0 Å². The Morgan fingerprint density at radius 3 is 2.57 bits per heavy atom. The van der Waals surface area contributed by atoms with Crippen LogP contribution in [-0.4, -0.2) is 46.6 Å². The Hall–Kier alpha value is -2.63. The number of hydrogen-bond donors (Lipinski definition) is 0. The van der Waals surface area contributed by atoms with Crippen LogP contribution in [-0.2, 0) is 0 Å². The van der Waals surface area contributed by atoms with E-state index in [0.29, 0.717) is 24.7 Å². The van der Waals surface area contributed by atoms with E-state index in [2.05, 4.69) is 16.9 Å². The number of nitrogens with zero attached hydrogens (tertiary/aromatic N) is 3. The summed E-state index contributed by atoms with van der Waals surface area (Å²) in [6, 6.07) is 9.71. The van der Waals surface area contributed by atoms with Crippen LogP contribution >= 0.6 is 0 Å². The number of aryl methyl sites for hydroxylation is 2. The molecule has 2 heterocycles. The van der Waals surface area contributed by atoms with Gasteiger partial charge in [0.1, 0.15) is 11.9 Å². The van der Waals surface area contributed by atoms with Crippen molar-refractivity contribution < 1.29 is 14.3 Å². The van der Waals surface area contributed by atoms with Crippen LogP contribution in [0.4, 0.5) is 0 Å². The van der Waals surface area contributed by atoms with Crippen molar-refractivity contribution in [2.45, 2.75) is 52.6 Å². The first-order valence-electron chi connectivity index (χ1n) is 10.1. The minimum absolute atomic E-state index is 0.0229. The summed E-state index contributed by atoms with van der Waals surface area (Å²) in [7, 11) is 0. The molecule has 1 atom stereocenters. The number of aromatic nitrogens is 2. The molecule has 1 aliphatic rings. The third-order valence-electron chi connectivity index (χ3n) is 4.77. The Morgan fingerprint density at radius 1 is 1.18 bits per heavy atom. The number of rotatable bonds is 7. The molecule has 6 nitrogen and oxygen atoms in total. The lowest BCUT2D eigenvalue weighted by Crippen LogP contribution is -2.44. The van der Waals surface area contributed by atoms with Crippen molar-refractivity contribution in [1.82, 2.24) is 14.9 Å². The van der Waals surface area contributed by atoms with Gasteiger partial charge >= 0.3 is 6.01 Å². The van der Waals surface area contributed by atoms with Gasteiger partial charge in [-0.1, -0.05) is 13.3 Å². The largest absolute Gasteiger partial charge is 0.494 e. The highest BCUT2D eigenvalue weighted by Gasteiger charge is 2.26. The van der Waals surface area contributed by atoms with Gasteiger partial charge in [0, 0.05) is 23.5 Å². The van der Waals surface area contributed by atoms with Crippen molar-refractivity contribution in [3.63, 3.8) is 0 Å². The van der Waals surface area contributed by atoms with Gasteiger partial charge in [0.05, 0.1) is 13.2 Å². The van der Waals surface area contributed by atoms with Crippen molar-refractivity contribution in [2.75, 3.05) is 19.7 Å². The zero-order chi connectivity index (χ0) is 19.9. The second kappa shape index (κ2) is 9.53. The van der Waals surface area contributed by atoms with E-state index in [1.807, 2.05) is 49.1 Å². The van der Waals surface area contributed by atoms with Gasteiger partial charge in [-0.3, -0.25) is 4.79 Å². The van der Waals surface area contributed by atoms with Gasteiger partial charge in [-0.05, 0) is 63.4 Å². The van der Waals surface area contributed by atoms with Crippen LogP contribution in [0.5, 0.6) is 11.8 Å². The molecule has 0 aliphatic carbocycles. The minimum Gasteiger partial charge on any atom is -0.494 e. The minimum atomic E-state index is -0.0875. The topological polar surface area (TPSA) is 64.5 Å². The summed E-state index contributed by atoms with van der Waals surface area (Å²) in [4.78, 5) is 23.4. The van der Waals surface area contributed by atoms with Crippen molar-refractivity contribution in [2.24, 2.45) is 0 Å². The van der Waals surface area contributed by atoms with Crippen molar-refractivity contribution in [3.05, 3.63) is 47.3 Å². The molecular weight excluding hydrogens is 354 g/mol. The number of benzene rings is 1. The fourth-order valence-corrected chi connectivity index (χ4v) is 3.32. The molecule has 1 aromatic carbocycles. The summed E-state index contributed by atoms with van der Waals surface area (Å²) < 4.78 is 11.6. The molecule has 0 spiro atoms. The molecule has 0 bridgehead atoms. The number of amides is 1. The Balaban J connectivity index is 1.59. The third-order valence-corrected chi connectivity index (χ3v) is 4.77. The van der Waals surface area contributed by atoms with Crippen LogP contribution < -0.4 is 9.47 Å². The van der Waals surface area contributed by atoms with Crippen molar-refractivity contribution in [1.29, 1.82) is 0 Å². The van der Waals surface area contributed by atoms with Crippen LogP contribution in [0.15, 0.2) is 30.3 Å². The number of carbonyl (C=O) groups excluding carboxylic acids is 1. The van der Waals surface area contributed by atoms with Gasteiger partial charge in [-0.2, -0.15) is 0 Å². The zero-order valence-electron chi connectivity index (χ0n) is 17.0. The van der Waals surface area contributed by atoms with Gasteiger partial charge in [0.25, 0.3) is 5.91 Å². The highest BCUT2D eigenvalue weighted by atomic mass is 16.5. The number of piperidine rings is 1. The smallest absolute Gasteiger partial charge is 0.317 e. The Bertz CT molecular complexity index is 772. The Kier molecular flexibility index (Phi) is 6.85. The fraction of sp³-hybridized carbons (Fsp3) is 0.500. The second-order valence-electron chi connectivity index (χ2n) is 7.29. The number of ether oxygens (including phenoxy) is 2. The molecular formula is C22H29N3O3. The number of likely N-dealkylation sites (tertiary alicyclic amines) is 1. The van der Waals surface area contributed by atoms with Crippen molar-refractivity contribution in [3.8, 4) is 11.8 Å². The highest BCUT2D eigenvalue weighted by molar-refractivity contribution is 5.94. The van der Waals surface area contributed by atoms with E-state index >= 15 is 0 Å². The van der Waals surface area contributed by atoms with E-state index in [9.17, 15) is 4.79 Å². The zero-order valence-corrected chi connectivity index (χ0v) is 17.0. The summed E-state index contributed by atoms with van der Waals surface area (Å²) in [5.74, 6) is 0.826.